The van der Waals surface area contributed by atoms with Gasteiger partial charge in [0.2, 0.25) is 0 Å². The number of thioether (sulfide) groups is 1. The number of benzene rings is 3. The number of carbonyl (C=O) groups excluding carboxylic acids is 2. The minimum Gasteiger partial charge on any atom is -0.497 e. The molecule has 40 heavy (non-hydrogen) atoms. The summed E-state index contributed by atoms with van der Waals surface area (Å²) in [5.74, 6) is 0.696. The highest BCUT2D eigenvalue weighted by Gasteiger charge is 2.27. The molecule has 2 aliphatic heterocycles. The van der Waals surface area contributed by atoms with Crippen LogP contribution in [0.5, 0.6) is 5.75 Å². The third-order valence-corrected chi connectivity index (χ3v) is 8.48. The number of nitrogens with zero attached hydrogens (tertiary/aromatic N) is 3. The highest BCUT2D eigenvalue weighted by Crippen LogP contribution is 2.42. The van der Waals surface area contributed by atoms with Gasteiger partial charge < -0.3 is 19.9 Å². The second-order valence-electron chi connectivity index (χ2n) is 10.2. The van der Waals surface area contributed by atoms with Crippen LogP contribution in [0.4, 0.5) is 11.4 Å². The van der Waals surface area contributed by atoms with Crippen LogP contribution < -0.4 is 19.9 Å². The van der Waals surface area contributed by atoms with Crippen molar-refractivity contribution in [3.8, 4) is 5.75 Å². The number of rotatable bonds is 8. The number of amides is 2. The minimum absolute atomic E-state index is 0.0661. The Kier molecular flexibility index (Phi) is 8.77. The van der Waals surface area contributed by atoms with Crippen LogP contribution in [-0.2, 0) is 4.79 Å². The van der Waals surface area contributed by atoms with E-state index in [9.17, 15) is 9.59 Å². The Balaban J connectivity index is 1.10. The largest absolute Gasteiger partial charge is 0.497 e. The molecule has 5 rings (SSSR count). The Morgan fingerprint density at radius 1 is 1.02 bits per heavy atom. The van der Waals surface area contributed by atoms with Gasteiger partial charge in [0.05, 0.1) is 17.7 Å². The molecular formula is C32H36N4O3S. The Labute approximate surface area is 240 Å². The number of nitrogens with one attached hydrogen (secondary N) is 1. The predicted octanol–water partition coefficient (Wildman–Crippen LogP) is 5.06. The quantitative estimate of drug-likeness (QED) is 0.309. The smallest absolute Gasteiger partial charge is 0.264 e. The molecule has 2 aliphatic rings. The summed E-state index contributed by atoms with van der Waals surface area (Å²) in [6.07, 6.45) is 2.82. The van der Waals surface area contributed by atoms with Gasteiger partial charge in [-0.25, -0.2) is 0 Å². The molecule has 0 aliphatic carbocycles. The van der Waals surface area contributed by atoms with Gasteiger partial charge in [-0.05, 0) is 74.0 Å². The summed E-state index contributed by atoms with van der Waals surface area (Å²) in [5, 5.41) is 3.05. The Hall–Kier alpha value is -3.75. The monoisotopic (exact) mass is 556 g/mol. The summed E-state index contributed by atoms with van der Waals surface area (Å²) in [7, 11) is 3.45. The third-order valence-electron chi connectivity index (χ3n) is 7.40. The van der Waals surface area contributed by atoms with Crippen LogP contribution in [0.1, 0.15) is 27.9 Å². The third kappa shape index (κ3) is 6.51. The molecule has 0 radical (unpaired) electrons. The number of hydrogen-bond acceptors (Lipinski definition) is 6. The lowest BCUT2D eigenvalue weighted by molar-refractivity contribution is -0.114. The fourth-order valence-corrected chi connectivity index (χ4v) is 6.17. The van der Waals surface area contributed by atoms with Crippen LogP contribution in [0.3, 0.4) is 0 Å². The van der Waals surface area contributed by atoms with Crippen molar-refractivity contribution in [3.05, 3.63) is 88.3 Å². The van der Waals surface area contributed by atoms with E-state index in [4.69, 9.17) is 4.74 Å². The fraction of sp³-hybridized carbons (Fsp3) is 0.312. The molecule has 1 saturated heterocycles. The Morgan fingerprint density at radius 2 is 1.80 bits per heavy atom. The number of carbonyl (C=O) groups is 2. The first-order valence-electron chi connectivity index (χ1n) is 13.7. The highest BCUT2D eigenvalue weighted by molar-refractivity contribution is 8.04. The standard InChI is InChI=1S/C32H36N4O3S/c1-23-6-4-7-24(20-23)21-30-32(38)34(2)28-22-25(8-13-29(28)40-30)31(37)33-14-5-15-35-16-18-36(19-17-35)26-9-11-27(39-3)12-10-26/h4,6-13,20-22H,5,14-19H2,1-3H3,(H,33,37). The summed E-state index contributed by atoms with van der Waals surface area (Å²) in [6.45, 7) is 7.58. The van der Waals surface area contributed by atoms with Gasteiger partial charge in [-0.3, -0.25) is 14.5 Å². The zero-order chi connectivity index (χ0) is 28.1. The SMILES string of the molecule is COc1ccc(N2CCN(CCCNC(=O)c3ccc4c(c3)N(C)C(=O)C(=Cc3cccc(C)c3)S4)CC2)cc1. The highest BCUT2D eigenvalue weighted by atomic mass is 32.2. The molecule has 7 nitrogen and oxygen atoms in total. The molecule has 0 aromatic heterocycles. The Morgan fingerprint density at radius 3 is 2.52 bits per heavy atom. The van der Waals surface area contributed by atoms with Crippen LogP contribution in [0.2, 0.25) is 0 Å². The van der Waals surface area contributed by atoms with Crippen molar-refractivity contribution in [2.75, 3.05) is 63.2 Å². The van der Waals surface area contributed by atoms with Crippen molar-refractivity contribution < 1.29 is 14.3 Å². The number of fused-ring (bicyclic) bond motifs is 1. The normalized spacial score (nSPS) is 16.7. The number of aryl methyl sites for hydroxylation is 1. The number of hydrogen-bond donors (Lipinski definition) is 1. The van der Waals surface area contributed by atoms with Crippen molar-refractivity contribution in [1.29, 1.82) is 0 Å². The van der Waals surface area contributed by atoms with Crippen molar-refractivity contribution in [2.45, 2.75) is 18.2 Å². The lowest BCUT2D eigenvalue weighted by atomic mass is 10.1. The second-order valence-corrected chi connectivity index (χ2v) is 11.3. The number of piperazine rings is 1. The zero-order valence-electron chi connectivity index (χ0n) is 23.4. The van der Waals surface area contributed by atoms with Crippen LogP contribution in [0.15, 0.2) is 76.5 Å². The topological polar surface area (TPSA) is 65.1 Å². The molecule has 0 saturated carbocycles. The van der Waals surface area contributed by atoms with Gasteiger partial charge in [-0.1, -0.05) is 41.6 Å². The van der Waals surface area contributed by atoms with E-state index in [1.54, 1.807) is 19.1 Å². The maximum atomic E-state index is 13.1. The van der Waals surface area contributed by atoms with E-state index in [-0.39, 0.29) is 11.8 Å². The molecular weight excluding hydrogens is 520 g/mol. The number of likely N-dealkylation sites (N-methyl/N-ethyl adjacent to an activating group) is 1. The molecule has 3 aromatic carbocycles. The van der Waals surface area contributed by atoms with Crippen LogP contribution in [-0.4, -0.2) is 70.1 Å². The lowest BCUT2D eigenvalue weighted by Gasteiger charge is -2.36. The molecule has 0 atom stereocenters. The molecule has 0 unspecified atom stereocenters. The fourth-order valence-electron chi connectivity index (χ4n) is 5.08. The average Bonchev–Trinajstić information content (AvgIpc) is 2.98. The van der Waals surface area contributed by atoms with Crippen LogP contribution in [0, 0.1) is 6.92 Å². The van der Waals surface area contributed by atoms with Gasteiger partial charge in [0.15, 0.2) is 0 Å². The van der Waals surface area contributed by atoms with E-state index in [0.29, 0.717) is 17.0 Å². The van der Waals surface area contributed by atoms with Crippen molar-refractivity contribution in [2.24, 2.45) is 0 Å². The van der Waals surface area contributed by atoms with E-state index in [1.807, 2.05) is 61.5 Å². The van der Waals surface area contributed by atoms with Crippen molar-refractivity contribution in [3.63, 3.8) is 0 Å². The predicted molar refractivity (Wildman–Crippen MR) is 163 cm³/mol. The van der Waals surface area contributed by atoms with E-state index in [1.165, 1.54) is 17.4 Å². The van der Waals surface area contributed by atoms with Crippen LogP contribution in [0.25, 0.3) is 6.08 Å². The maximum Gasteiger partial charge on any atom is 0.264 e. The molecule has 1 N–H and O–H groups in total. The summed E-state index contributed by atoms with van der Waals surface area (Å²) < 4.78 is 5.26. The van der Waals surface area contributed by atoms with Gasteiger partial charge in [0.25, 0.3) is 11.8 Å². The van der Waals surface area contributed by atoms with E-state index in [0.717, 1.165) is 66.6 Å². The lowest BCUT2D eigenvalue weighted by Crippen LogP contribution is -2.47. The maximum absolute atomic E-state index is 13.1. The van der Waals surface area contributed by atoms with Crippen molar-refractivity contribution >= 4 is 41.0 Å². The minimum atomic E-state index is -0.112. The Bertz CT molecular complexity index is 1400. The van der Waals surface area contributed by atoms with E-state index >= 15 is 0 Å². The molecule has 3 aromatic rings. The van der Waals surface area contributed by atoms with Crippen LogP contribution >= 0.6 is 11.8 Å². The van der Waals surface area contributed by atoms with Gasteiger partial charge in [-0.15, -0.1) is 0 Å². The summed E-state index contributed by atoms with van der Waals surface area (Å²) >= 11 is 1.45. The molecule has 0 bridgehead atoms. The van der Waals surface area contributed by atoms with Gasteiger partial charge in [0, 0.05) is 55.9 Å². The molecule has 2 amide bonds. The van der Waals surface area contributed by atoms with Gasteiger partial charge >= 0.3 is 0 Å². The molecule has 1 fully saturated rings. The number of anilines is 2. The second kappa shape index (κ2) is 12.6. The summed E-state index contributed by atoms with van der Waals surface area (Å²) in [6, 6.07) is 21.9. The first kappa shape index (κ1) is 27.8. The van der Waals surface area contributed by atoms with Crippen molar-refractivity contribution in [1.82, 2.24) is 10.2 Å². The number of methoxy groups -OCH3 is 1. The number of ether oxygens (including phenoxy) is 1. The molecule has 0 spiro atoms. The van der Waals surface area contributed by atoms with E-state index in [2.05, 4.69) is 33.3 Å². The molecule has 8 heteroatoms. The first-order chi connectivity index (χ1) is 19.4. The van der Waals surface area contributed by atoms with E-state index < -0.39 is 0 Å². The zero-order valence-corrected chi connectivity index (χ0v) is 24.2. The van der Waals surface area contributed by atoms with Gasteiger partial charge in [0.1, 0.15) is 5.75 Å². The molecule has 208 valence electrons. The summed E-state index contributed by atoms with van der Waals surface area (Å²) in [4.78, 5) is 34.1. The average molecular weight is 557 g/mol. The van der Waals surface area contributed by atoms with Gasteiger partial charge in [-0.2, -0.15) is 0 Å². The first-order valence-corrected chi connectivity index (χ1v) is 14.5. The summed E-state index contributed by atoms with van der Waals surface area (Å²) in [5.41, 5.74) is 4.71. The molecule has 2 heterocycles.